The maximum atomic E-state index is 13.4. The van der Waals surface area contributed by atoms with Gasteiger partial charge >= 0.3 is 6.09 Å². The van der Waals surface area contributed by atoms with Gasteiger partial charge in [-0.05, 0) is 83.2 Å². The van der Waals surface area contributed by atoms with Gasteiger partial charge in [0.05, 0.1) is 6.54 Å². The number of likely N-dealkylation sites (tertiary alicyclic amines) is 1. The van der Waals surface area contributed by atoms with Crippen molar-refractivity contribution in [3.8, 4) is 0 Å². The molecule has 6 nitrogen and oxygen atoms in total. The van der Waals surface area contributed by atoms with Crippen LogP contribution >= 0.6 is 0 Å². The van der Waals surface area contributed by atoms with Gasteiger partial charge in [0.2, 0.25) is 5.91 Å². The van der Waals surface area contributed by atoms with Gasteiger partial charge < -0.3 is 15.4 Å². The fourth-order valence-electron chi connectivity index (χ4n) is 4.84. The lowest BCUT2D eigenvalue weighted by Gasteiger charge is -2.33. The molecule has 0 radical (unpaired) electrons. The number of rotatable bonds is 7. The predicted octanol–water partition coefficient (Wildman–Crippen LogP) is 3.99. The summed E-state index contributed by atoms with van der Waals surface area (Å²) < 4.78 is 18.6. The largest absolute Gasteiger partial charge is 0.444 e. The van der Waals surface area contributed by atoms with E-state index in [0.29, 0.717) is 25.6 Å². The van der Waals surface area contributed by atoms with Gasteiger partial charge in [0.15, 0.2) is 0 Å². The van der Waals surface area contributed by atoms with Crippen LogP contribution in [0.15, 0.2) is 24.3 Å². The Kier molecular flexibility index (Phi) is 8.15. The van der Waals surface area contributed by atoms with Crippen LogP contribution in [0, 0.1) is 11.7 Å². The molecular weight excluding hydrogens is 409 g/mol. The maximum Gasteiger partial charge on any atom is 0.407 e. The van der Waals surface area contributed by atoms with Gasteiger partial charge in [0.1, 0.15) is 11.4 Å². The fourth-order valence-corrected chi connectivity index (χ4v) is 4.84. The molecule has 2 aliphatic rings. The molecule has 7 heteroatoms. The van der Waals surface area contributed by atoms with E-state index in [1.165, 1.54) is 12.1 Å². The van der Waals surface area contributed by atoms with Crippen molar-refractivity contribution in [3.05, 3.63) is 35.6 Å². The van der Waals surface area contributed by atoms with Gasteiger partial charge in [-0.1, -0.05) is 25.0 Å². The van der Waals surface area contributed by atoms with E-state index in [4.69, 9.17) is 4.74 Å². The smallest absolute Gasteiger partial charge is 0.407 e. The van der Waals surface area contributed by atoms with Gasteiger partial charge in [-0.2, -0.15) is 0 Å². The highest BCUT2D eigenvalue weighted by atomic mass is 19.1. The average Bonchev–Trinajstić information content (AvgIpc) is 3.21. The van der Waals surface area contributed by atoms with Crippen molar-refractivity contribution in [2.75, 3.05) is 32.7 Å². The number of nitrogens with zero attached hydrogens (tertiary/aromatic N) is 1. The van der Waals surface area contributed by atoms with E-state index >= 15 is 0 Å². The second-order valence-corrected chi connectivity index (χ2v) is 10.4. The molecule has 3 rings (SSSR count). The van der Waals surface area contributed by atoms with Crippen molar-refractivity contribution in [2.24, 2.45) is 5.92 Å². The molecule has 1 saturated carbocycles. The van der Waals surface area contributed by atoms with E-state index in [9.17, 15) is 14.0 Å². The van der Waals surface area contributed by atoms with E-state index in [-0.39, 0.29) is 23.2 Å². The first kappa shape index (κ1) is 24.5. The molecule has 1 saturated heterocycles. The molecule has 178 valence electrons. The molecule has 1 aromatic rings. The van der Waals surface area contributed by atoms with E-state index in [0.717, 1.165) is 57.2 Å². The number of hydrogen-bond acceptors (Lipinski definition) is 4. The SMILES string of the molecule is CC(C)(C)OC(=O)NCC1CCN(CC(=O)NCC2(c3ccc(F)cc3)CCCC2)CC1. The van der Waals surface area contributed by atoms with Crippen LogP contribution in [0.5, 0.6) is 0 Å². The van der Waals surface area contributed by atoms with Crippen molar-refractivity contribution in [1.82, 2.24) is 15.5 Å². The zero-order chi connectivity index (χ0) is 23.2. The number of amides is 2. The van der Waals surface area contributed by atoms with Crippen molar-refractivity contribution >= 4 is 12.0 Å². The normalized spacial score (nSPS) is 19.5. The van der Waals surface area contributed by atoms with Crippen LogP contribution in [0.4, 0.5) is 9.18 Å². The first-order valence-corrected chi connectivity index (χ1v) is 11.9. The van der Waals surface area contributed by atoms with Crippen LogP contribution in [0.2, 0.25) is 0 Å². The summed E-state index contributed by atoms with van der Waals surface area (Å²) >= 11 is 0. The standard InChI is InChI=1S/C25H38FN3O3/c1-24(2,3)32-23(31)27-16-19-10-14-29(15-11-19)17-22(30)28-18-25(12-4-5-13-25)20-6-8-21(26)9-7-20/h6-9,19H,4-5,10-18H2,1-3H3,(H,27,31)(H,28,30). The summed E-state index contributed by atoms with van der Waals surface area (Å²) in [5.74, 6) is 0.224. The number of hydrogen-bond donors (Lipinski definition) is 2. The van der Waals surface area contributed by atoms with E-state index in [2.05, 4.69) is 15.5 Å². The fraction of sp³-hybridized carbons (Fsp3) is 0.680. The van der Waals surface area contributed by atoms with Gasteiger partial charge in [-0.25, -0.2) is 9.18 Å². The van der Waals surface area contributed by atoms with Crippen LogP contribution in [0.25, 0.3) is 0 Å². The Morgan fingerprint density at radius 3 is 2.31 bits per heavy atom. The second-order valence-electron chi connectivity index (χ2n) is 10.4. The second kappa shape index (κ2) is 10.6. The van der Waals surface area contributed by atoms with E-state index in [1.807, 2.05) is 32.9 Å². The molecule has 1 aromatic carbocycles. The molecule has 1 heterocycles. The highest BCUT2D eigenvalue weighted by Crippen LogP contribution is 2.40. The van der Waals surface area contributed by atoms with E-state index < -0.39 is 5.60 Å². The lowest BCUT2D eigenvalue weighted by atomic mass is 9.79. The Morgan fingerprint density at radius 2 is 1.72 bits per heavy atom. The summed E-state index contributed by atoms with van der Waals surface area (Å²) in [4.78, 5) is 26.6. The van der Waals surface area contributed by atoms with Gasteiger partial charge in [-0.3, -0.25) is 9.69 Å². The average molecular weight is 448 g/mol. The minimum atomic E-state index is -0.491. The van der Waals surface area contributed by atoms with Gasteiger partial charge in [-0.15, -0.1) is 0 Å². The number of nitrogens with one attached hydrogen (secondary N) is 2. The Bertz CT molecular complexity index is 762. The van der Waals surface area contributed by atoms with Crippen LogP contribution in [-0.2, 0) is 14.9 Å². The Labute approximate surface area is 191 Å². The van der Waals surface area contributed by atoms with Crippen LogP contribution < -0.4 is 10.6 Å². The lowest BCUT2D eigenvalue weighted by Crippen LogP contribution is -2.46. The zero-order valence-electron chi connectivity index (χ0n) is 19.7. The minimum absolute atomic E-state index is 0.0451. The number of piperidine rings is 1. The molecule has 32 heavy (non-hydrogen) atoms. The Balaban J connectivity index is 1.39. The molecule has 0 unspecified atom stereocenters. The lowest BCUT2D eigenvalue weighted by molar-refractivity contribution is -0.122. The minimum Gasteiger partial charge on any atom is -0.444 e. The van der Waals surface area contributed by atoms with Crippen molar-refractivity contribution in [2.45, 2.75) is 70.3 Å². The monoisotopic (exact) mass is 447 g/mol. The predicted molar refractivity (Wildman–Crippen MR) is 123 cm³/mol. The molecule has 2 amide bonds. The Morgan fingerprint density at radius 1 is 1.09 bits per heavy atom. The molecule has 1 aliphatic heterocycles. The van der Waals surface area contributed by atoms with Crippen LogP contribution in [0.3, 0.4) is 0 Å². The zero-order valence-corrected chi connectivity index (χ0v) is 19.7. The number of halogens is 1. The first-order chi connectivity index (χ1) is 15.2. The summed E-state index contributed by atoms with van der Waals surface area (Å²) in [5.41, 5.74) is 0.549. The van der Waals surface area contributed by atoms with Gasteiger partial charge in [0.25, 0.3) is 0 Å². The topological polar surface area (TPSA) is 70.7 Å². The highest BCUT2D eigenvalue weighted by molar-refractivity contribution is 5.78. The number of carbonyl (C=O) groups excluding carboxylic acids is 2. The third kappa shape index (κ3) is 7.19. The summed E-state index contributed by atoms with van der Waals surface area (Å²) in [6.07, 6.45) is 5.84. The molecule has 1 aliphatic carbocycles. The molecular formula is C25H38FN3O3. The molecule has 2 N–H and O–H groups in total. The third-order valence-electron chi connectivity index (χ3n) is 6.65. The molecule has 0 spiro atoms. The molecule has 0 aromatic heterocycles. The number of alkyl carbamates (subject to hydrolysis) is 1. The highest BCUT2D eigenvalue weighted by Gasteiger charge is 2.36. The van der Waals surface area contributed by atoms with Crippen LogP contribution in [-0.4, -0.2) is 55.2 Å². The number of carbonyl (C=O) groups is 2. The van der Waals surface area contributed by atoms with Crippen molar-refractivity contribution < 1.29 is 18.7 Å². The van der Waals surface area contributed by atoms with E-state index in [1.54, 1.807) is 0 Å². The van der Waals surface area contributed by atoms with Crippen LogP contribution in [0.1, 0.15) is 64.9 Å². The van der Waals surface area contributed by atoms with Gasteiger partial charge in [0, 0.05) is 18.5 Å². The van der Waals surface area contributed by atoms with Crippen molar-refractivity contribution in [3.63, 3.8) is 0 Å². The molecule has 2 fully saturated rings. The summed E-state index contributed by atoms with van der Waals surface area (Å²) in [6.45, 7) is 8.85. The number of ether oxygens (including phenoxy) is 1. The first-order valence-electron chi connectivity index (χ1n) is 11.9. The third-order valence-corrected chi connectivity index (χ3v) is 6.65. The quantitative estimate of drug-likeness (QED) is 0.663. The maximum absolute atomic E-state index is 13.4. The summed E-state index contributed by atoms with van der Waals surface area (Å²) in [5, 5.41) is 6.01. The summed E-state index contributed by atoms with van der Waals surface area (Å²) in [6, 6.07) is 6.75. The molecule has 0 atom stereocenters. The summed E-state index contributed by atoms with van der Waals surface area (Å²) in [7, 11) is 0. The number of benzene rings is 1. The van der Waals surface area contributed by atoms with Crippen molar-refractivity contribution in [1.29, 1.82) is 0 Å². The Hall–Kier alpha value is -2.15. The molecule has 0 bridgehead atoms.